The molecule has 1 aromatic heterocycles. The summed E-state index contributed by atoms with van der Waals surface area (Å²) >= 11 is 1.48. The molecule has 1 saturated heterocycles. The molecule has 1 fully saturated rings. The van der Waals surface area contributed by atoms with Crippen molar-refractivity contribution in [2.45, 2.75) is 25.3 Å². The first-order valence-corrected chi connectivity index (χ1v) is 7.24. The van der Waals surface area contributed by atoms with Gasteiger partial charge in [-0.2, -0.15) is 10.1 Å². The molecule has 9 heteroatoms. The summed E-state index contributed by atoms with van der Waals surface area (Å²) in [6, 6.07) is -1.28. The van der Waals surface area contributed by atoms with E-state index in [1.54, 1.807) is 7.05 Å². The van der Waals surface area contributed by atoms with Crippen molar-refractivity contribution < 1.29 is 14.7 Å². The molecule has 1 aromatic rings. The Kier molecular flexibility index (Phi) is 4.17. The molecular weight excluding hydrogens is 282 g/mol. The van der Waals surface area contributed by atoms with Crippen LogP contribution in [0.25, 0.3) is 0 Å². The zero-order chi connectivity index (χ0) is 14.9. The second-order valence-electron chi connectivity index (χ2n) is 4.87. The van der Waals surface area contributed by atoms with Gasteiger partial charge in [-0.15, -0.1) is 11.8 Å². The third kappa shape index (κ3) is 2.72. The number of aliphatic carboxylic acids is 1. The van der Waals surface area contributed by atoms with Crippen LogP contribution in [0.15, 0.2) is 6.33 Å². The van der Waals surface area contributed by atoms with Gasteiger partial charge < -0.3 is 5.11 Å². The molecule has 110 valence electrons. The predicted octanol–water partition coefficient (Wildman–Crippen LogP) is 0.831. The van der Waals surface area contributed by atoms with Gasteiger partial charge in [-0.25, -0.2) is 14.3 Å². The minimum atomic E-state index is -0.992. The number of nitrogens with one attached hydrogen (secondary N) is 1. The van der Waals surface area contributed by atoms with Crippen molar-refractivity contribution in [3.05, 3.63) is 6.33 Å². The van der Waals surface area contributed by atoms with Crippen LogP contribution in [0.5, 0.6) is 0 Å². The number of hydrogen-bond donors (Lipinski definition) is 2. The maximum absolute atomic E-state index is 12.4. The lowest BCUT2D eigenvalue weighted by molar-refractivity contribution is -0.141. The highest BCUT2D eigenvalue weighted by atomic mass is 32.2. The minimum Gasteiger partial charge on any atom is -0.480 e. The summed E-state index contributed by atoms with van der Waals surface area (Å²) in [5, 5.41) is 15.5. The van der Waals surface area contributed by atoms with Gasteiger partial charge in [-0.1, -0.05) is 13.8 Å². The number of carboxylic acids is 1. The van der Waals surface area contributed by atoms with E-state index >= 15 is 0 Å². The number of nitrogens with zero attached hydrogens (tertiary/aromatic N) is 4. The largest absolute Gasteiger partial charge is 0.480 e. The molecule has 0 bridgehead atoms. The number of hydrogen-bond acceptors (Lipinski definition) is 5. The maximum Gasteiger partial charge on any atom is 0.327 e. The van der Waals surface area contributed by atoms with Crippen molar-refractivity contribution in [3.8, 4) is 0 Å². The molecule has 2 heterocycles. The molecule has 0 aliphatic carbocycles. The minimum absolute atomic E-state index is 0.162. The molecule has 2 rings (SSSR count). The van der Waals surface area contributed by atoms with Crippen LogP contribution in [0.3, 0.4) is 0 Å². The molecule has 2 amide bonds. The van der Waals surface area contributed by atoms with Gasteiger partial charge in [0.05, 0.1) is 5.37 Å². The molecule has 2 atom stereocenters. The number of rotatable bonds is 3. The summed E-state index contributed by atoms with van der Waals surface area (Å²) in [6.45, 7) is 3.93. The van der Waals surface area contributed by atoms with Crippen molar-refractivity contribution in [1.82, 2.24) is 19.7 Å². The molecule has 0 aromatic carbocycles. The zero-order valence-corrected chi connectivity index (χ0v) is 12.3. The van der Waals surface area contributed by atoms with Gasteiger partial charge >= 0.3 is 12.0 Å². The number of carboxylic acid groups (broad SMARTS) is 1. The molecule has 2 unspecified atom stereocenters. The molecule has 0 spiro atoms. The van der Waals surface area contributed by atoms with Crippen LogP contribution in [-0.2, 0) is 11.8 Å². The van der Waals surface area contributed by atoms with Crippen molar-refractivity contribution in [2.24, 2.45) is 13.0 Å². The SMILES string of the molecule is CC(C)C1SCC(C(=O)O)N1C(=O)Nc1ncnn1C. The predicted molar refractivity (Wildman–Crippen MR) is 74.4 cm³/mol. The number of aryl methyl sites for hydroxylation is 1. The summed E-state index contributed by atoms with van der Waals surface area (Å²) in [4.78, 5) is 28.9. The van der Waals surface area contributed by atoms with Gasteiger partial charge in [0.15, 0.2) is 0 Å². The van der Waals surface area contributed by atoms with Crippen LogP contribution in [-0.4, -0.2) is 53.9 Å². The summed E-state index contributed by atoms with van der Waals surface area (Å²) in [7, 11) is 1.65. The van der Waals surface area contributed by atoms with Crippen LogP contribution < -0.4 is 5.32 Å². The number of aromatic nitrogens is 3. The topological polar surface area (TPSA) is 100 Å². The Morgan fingerprint density at radius 2 is 2.25 bits per heavy atom. The normalized spacial score (nSPS) is 22.3. The first-order valence-electron chi connectivity index (χ1n) is 6.19. The van der Waals surface area contributed by atoms with E-state index in [0.29, 0.717) is 11.7 Å². The number of thioether (sulfide) groups is 1. The Hall–Kier alpha value is -1.77. The Balaban J connectivity index is 2.19. The van der Waals surface area contributed by atoms with E-state index in [0.717, 1.165) is 0 Å². The van der Waals surface area contributed by atoms with Crippen LogP contribution in [0.2, 0.25) is 0 Å². The average molecular weight is 299 g/mol. The van der Waals surface area contributed by atoms with Crippen molar-refractivity contribution in [3.63, 3.8) is 0 Å². The van der Waals surface area contributed by atoms with Crippen LogP contribution in [0.4, 0.5) is 10.7 Å². The monoisotopic (exact) mass is 299 g/mol. The Labute approximate surface area is 120 Å². The summed E-state index contributed by atoms with van der Waals surface area (Å²) in [5.41, 5.74) is 0. The van der Waals surface area contributed by atoms with Crippen LogP contribution in [0, 0.1) is 5.92 Å². The van der Waals surface area contributed by atoms with Crippen molar-refractivity contribution >= 4 is 29.7 Å². The van der Waals surface area contributed by atoms with Gasteiger partial charge in [0.2, 0.25) is 5.95 Å². The van der Waals surface area contributed by atoms with Crippen molar-refractivity contribution in [2.75, 3.05) is 11.1 Å². The molecular formula is C11H17N5O3S. The quantitative estimate of drug-likeness (QED) is 0.857. The first-order chi connectivity index (χ1) is 9.41. The van der Waals surface area contributed by atoms with Crippen LogP contribution >= 0.6 is 11.8 Å². The smallest absolute Gasteiger partial charge is 0.327 e. The summed E-state index contributed by atoms with van der Waals surface area (Å²) in [5.74, 6) is -0.147. The fraction of sp³-hybridized carbons (Fsp3) is 0.636. The Morgan fingerprint density at radius 3 is 2.75 bits per heavy atom. The molecule has 0 saturated carbocycles. The number of carbonyl (C=O) groups excluding carboxylic acids is 1. The third-order valence-corrected chi connectivity index (χ3v) is 4.68. The van der Waals surface area contributed by atoms with E-state index < -0.39 is 18.0 Å². The van der Waals surface area contributed by atoms with Gasteiger partial charge in [0, 0.05) is 12.8 Å². The number of amides is 2. The van der Waals surface area contributed by atoms with E-state index in [-0.39, 0.29) is 11.3 Å². The molecule has 1 aliphatic rings. The number of carbonyl (C=O) groups is 2. The third-order valence-electron chi connectivity index (χ3n) is 3.05. The summed E-state index contributed by atoms with van der Waals surface area (Å²) < 4.78 is 1.42. The standard InChI is InChI=1S/C11H17N5O3S/c1-6(2)8-16(7(4-20-8)9(17)18)11(19)14-10-12-5-13-15(10)3/h5-8H,4H2,1-3H3,(H,17,18)(H,12,13,14,19). The first kappa shape index (κ1) is 14.6. The zero-order valence-electron chi connectivity index (χ0n) is 11.5. The lowest BCUT2D eigenvalue weighted by Crippen LogP contribution is -2.49. The van der Waals surface area contributed by atoms with E-state index in [9.17, 15) is 14.7 Å². The van der Waals surface area contributed by atoms with Gasteiger partial charge in [0.1, 0.15) is 12.4 Å². The Morgan fingerprint density at radius 1 is 1.55 bits per heavy atom. The lowest BCUT2D eigenvalue weighted by atomic mass is 10.2. The molecule has 8 nitrogen and oxygen atoms in total. The molecule has 1 aliphatic heterocycles. The highest BCUT2D eigenvalue weighted by molar-refractivity contribution is 8.00. The maximum atomic E-state index is 12.4. The number of anilines is 1. The van der Waals surface area contributed by atoms with E-state index in [1.807, 2.05) is 13.8 Å². The molecule has 20 heavy (non-hydrogen) atoms. The highest BCUT2D eigenvalue weighted by Gasteiger charge is 2.43. The fourth-order valence-electron chi connectivity index (χ4n) is 2.06. The number of urea groups is 1. The van der Waals surface area contributed by atoms with Gasteiger partial charge in [0.25, 0.3) is 0 Å². The van der Waals surface area contributed by atoms with Gasteiger partial charge in [-0.05, 0) is 5.92 Å². The second kappa shape index (κ2) is 5.70. The van der Waals surface area contributed by atoms with E-state index in [2.05, 4.69) is 15.4 Å². The highest BCUT2D eigenvalue weighted by Crippen LogP contribution is 2.34. The second-order valence-corrected chi connectivity index (χ2v) is 6.02. The fourth-order valence-corrected chi connectivity index (χ4v) is 3.53. The molecule has 0 radical (unpaired) electrons. The lowest BCUT2D eigenvalue weighted by Gasteiger charge is -2.29. The summed E-state index contributed by atoms with van der Waals surface area (Å²) in [6.07, 6.45) is 1.32. The molecule has 2 N–H and O–H groups in total. The van der Waals surface area contributed by atoms with E-state index in [1.165, 1.54) is 27.7 Å². The van der Waals surface area contributed by atoms with Gasteiger partial charge in [-0.3, -0.25) is 10.2 Å². The van der Waals surface area contributed by atoms with Crippen molar-refractivity contribution in [1.29, 1.82) is 0 Å². The average Bonchev–Trinajstić information content (AvgIpc) is 2.96. The van der Waals surface area contributed by atoms with E-state index in [4.69, 9.17) is 0 Å². The Bertz CT molecular complexity index is 518. The van der Waals surface area contributed by atoms with Crippen LogP contribution in [0.1, 0.15) is 13.8 Å².